The van der Waals surface area contributed by atoms with Crippen LogP contribution in [0.1, 0.15) is 11.3 Å². The highest BCUT2D eigenvalue weighted by molar-refractivity contribution is 5.60. The predicted octanol–water partition coefficient (Wildman–Crippen LogP) is 2.30. The number of ether oxygens (including phenoxy) is 1. The minimum Gasteiger partial charge on any atom is -0.378 e. The summed E-state index contributed by atoms with van der Waals surface area (Å²) in [4.78, 5) is 10.2. The smallest absolute Gasteiger partial charge is 0.202 e. The van der Waals surface area contributed by atoms with Crippen LogP contribution in [0, 0.1) is 24.1 Å². The van der Waals surface area contributed by atoms with Crippen molar-refractivity contribution in [3.63, 3.8) is 0 Å². The minimum atomic E-state index is -0.666. The second kappa shape index (κ2) is 6.08. The summed E-state index contributed by atoms with van der Waals surface area (Å²) in [5.74, 6) is -0.134. The van der Waals surface area contributed by atoms with Crippen molar-refractivity contribution in [2.24, 2.45) is 0 Å². The van der Waals surface area contributed by atoms with Gasteiger partial charge in [0.25, 0.3) is 0 Å². The minimum absolute atomic E-state index is 0.172. The average molecular weight is 298 g/mol. The topological polar surface area (TPSA) is 62.0 Å². The molecule has 6 heteroatoms. The summed E-state index contributed by atoms with van der Waals surface area (Å²) in [6, 6.07) is 9.41. The van der Waals surface area contributed by atoms with Crippen LogP contribution in [-0.4, -0.2) is 36.3 Å². The van der Waals surface area contributed by atoms with Crippen molar-refractivity contribution in [1.29, 1.82) is 5.26 Å². The molecule has 22 heavy (non-hydrogen) atoms. The van der Waals surface area contributed by atoms with Gasteiger partial charge in [0.1, 0.15) is 6.07 Å². The van der Waals surface area contributed by atoms with E-state index in [2.05, 4.69) is 9.97 Å². The molecular weight excluding hydrogens is 283 g/mol. The Morgan fingerprint density at radius 3 is 2.50 bits per heavy atom. The van der Waals surface area contributed by atoms with E-state index in [1.807, 2.05) is 37.3 Å². The van der Waals surface area contributed by atoms with Crippen LogP contribution in [0.3, 0.4) is 0 Å². The summed E-state index contributed by atoms with van der Waals surface area (Å²) in [6.45, 7) is 4.11. The number of benzene rings is 1. The van der Waals surface area contributed by atoms with Crippen LogP contribution < -0.4 is 4.90 Å². The van der Waals surface area contributed by atoms with E-state index >= 15 is 0 Å². The molecule has 0 amide bonds. The Balaban J connectivity index is 2.07. The van der Waals surface area contributed by atoms with Crippen LogP contribution in [0.4, 0.5) is 10.2 Å². The summed E-state index contributed by atoms with van der Waals surface area (Å²) in [6.07, 6.45) is 0. The van der Waals surface area contributed by atoms with E-state index in [9.17, 15) is 4.39 Å². The number of nitrogens with zero attached hydrogens (tertiary/aromatic N) is 4. The zero-order chi connectivity index (χ0) is 15.5. The van der Waals surface area contributed by atoms with Gasteiger partial charge in [-0.15, -0.1) is 0 Å². The largest absolute Gasteiger partial charge is 0.378 e. The van der Waals surface area contributed by atoms with E-state index in [-0.39, 0.29) is 11.5 Å². The molecule has 0 aliphatic carbocycles. The van der Waals surface area contributed by atoms with E-state index < -0.39 is 5.82 Å². The lowest BCUT2D eigenvalue weighted by molar-refractivity contribution is 0.122. The first-order chi connectivity index (χ1) is 10.7. The SMILES string of the molecule is Cc1ccc(-c2nc(C#N)c(F)c(N3CCOCC3)n2)cc1. The number of halogens is 1. The van der Waals surface area contributed by atoms with Crippen molar-refractivity contribution in [2.75, 3.05) is 31.2 Å². The van der Waals surface area contributed by atoms with Crippen molar-refractivity contribution in [3.05, 3.63) is 41.3 Å². The Kier molecular flexibility index (Phi) is 3.98. The fourth-order valence-corrected chi connectivity index (χ4v) is 2.33. The van der Waals surface area contributed by atoms with Crippen LogP contribution >= 0.6 is 0 Å². The second-order valence-electron chi connectivity index (χ2n) is 5.11. The molecule has 0 radical (unpaired) electrons. The summed E-state index contributed by atoms with van der Waals surface area (Å²) in [7, 11) is 0. The van der Waals surface area contributed by atoms with Gasteiger partial charge in [0, 0.05) is 18.7 Å². The summed E-state index contributed by atoms with van der Waals surface area (Å²) < 4.78 is 19.7. The van der Waals surface area contributed by atoms with Crippen LogP contribution in [0.2, 0.25) is 0 Å². The molecule has 1 saturated heterocycles. The van der Waals surface area contributed by atoms with Crippen LogP contribution in [-0.2, 0) is 4.74 Å². The lowest BCUT2D eigenvalue weighted by atomic mass is 10.1. The number of hydrogen-bond acceptors (Lipinski definition) is 5. The molecular formula is C16H15FN4O. The zero-order valence-corrected chi connectivity index (χ0v) is 12.2. The molecule has 0 bridgehead atoms. The Hall–Kier alpha value is -2.52. The predicted molar refractivity (Wildman–Crippen MR) is 79.9 cm³/mol. The van der Waals surface area contributed by atoms with E-state index in [1.54, 1.807) is 4.90 Å². The Morgan fingerprint density at radius 2 is 1.86 bits per heavy atom. The molecule has 0 spiro atoms. The lowest BCUT2D eigenvalue weighted by Gasteiger charge is -2.28. The Morgan fingerprint density at radius 1 is 1.18 bits per heavy atom. The van der Waals surface area contributed by atoms with Gasteiger partial charge >= 0.3 is 0 Å². The van der Waals surface area contributed by atoms with Crippen molar-refractivity contribution < 1.29 is 9.13 Å². The summed E-state index contributed by atoms with van der Waals surface area (Å²) in [5, 5.41) is 9.13. The number of hydrogen-bond donors (Lipinski definition) is 0. The van der Waals surface area contributed by atoms with Crippen molar-refractivity contribution >= 4 is 5.82 Å². The number of aryl methyl sites for hydroxylation is 1. The van der Waals surface area contributed by atoms with E-state index in [0.717, 1.165) is 11.1 Å². The highest BCUT2D eigenvalue weighted by atomic mass is 19.1. The molecule has 0 unspecified atom stereocenters. The van der Waals surface area contributed by atoms with Gasteiger partial charge in [-0.25, -0.2) is 9.97 Å². The molecule has 0 atom stereocenters. The third-order valence-corrected chi connectivity index (χ3v) is 3.56. The van der Waals surface area contributed by atoms with E-state index in [4.69, 9.17) is 10.00 Å². The quantitative estimate of drug-likeness (QED) is 0.851. The standard InChI is InChI=1S/C16H15FN4O/c1-11-2-4-12(5-3-11)15-19-13(10-18)14(17)16(20-15)21-6-8-22-9-7-21/h2-5H,6-9H2,1H3. The maximum Gasteiger partial charge on any atom is 0.202 e. The molecule has 1 aromatic carbocycles. The molecule has 0 N–H and O–H groups in total. The maximum atomic E-state index is 14.4. The molecule has 2 aromatic rings. The molecule has 1 fully saturated rings. The molecule has 5 nitrogen and oxygen atoms in total. The maximum absolute atomic E-state index is 14.4. The second-order valence-corrected chi connectivity index (χ2v) is 5.11. The summed E-state index contributed by atoms with van der Waals surface area (Å²) >= 11 is 0. The lowest BCUT2D eigenvalue weighted by Crippen LogP contribution is -2.37. The molecule has 3 rings (SSSR count). The number of morpholine rings is 1. The van der Waals surface area contributed by atoms with Crippen LogP contribution in [0.15, 0.2) is 24.3 Å². The van der Waals surface area contributed by atoms with Gasteiger partial charge in [-0.05, 0) is 6.92 Å². The number of anilines is 1. The normalized spacial score (nSPS) is 14.7. The molecule has 1 aliphatic heterocycles. The average Bonchev–Trinajstić information content (AvgIpc) is 2.57. The van der Waals surface area contributed by atoms with Gasteiger partial charge in [0.2, 0.25) is 5.82 Å². The third-order valence-electron chi connectivity index (χ3n) is 3.56. The number of nitriles is 1. The van der Waals surface area contributed by atoms with Crippen LogP contribution in [0.25, 0.3) is 11.4 Å². The first-order valence-electron chi connectivity index (χ1n) is 7.06. The molecule has 112 valence electrons. The monoisotopic (exact) mass is 298 g/mol. The van der Waals surface area contributed by atoms with Crippen LogP contribution in [0.5, 0.6) is 0 Å². The number of aromatic nitrogens is 2. The molecule has 1 aromatic heterocycles. The molecule has 0 saturated carbocycles. The van der Waals surface area contributed by atoms with Crippen molar-refractivity contribution in [1.82, 2.24) is 9.97 Å². The van der Waals surface area contributed by atoms with Gasteiger partial charge in [-0.2, -0.15) is 9.65 Å². The highest BCUT2D eigenvalue weighted by Crippen LogP contribution is 2.24. The van der Waals surface area contributed by atoms with Crippen molar-refractivity contribution in [2.45, 2.75) is 6.92 Å². The van der Waals surface area contributed by atoms with Crippen molar-refractivity contribution in [3.8, 4) is 17.5 Å². The Labute approximate surface area is 128 Å². The first-order valence-corrected chi connectivity index (χ1v) is 7.06. The van der Waals surface area contributed by atoms with Gasteiger partial charge in [-0.1, -0.05) is 29.8 Å². The van der Waals surface area contributed by atoms with E-state index in [1.165, 1.54) is 0 Å². The van der Waals surface area contributed by atoms with Gasteiger partial charge in [0.05, 0.1) is 13.2 Å². The first kappa shape index (κ1) is 14.4. The van der Waals surface area contributed by atoms with Gasteiger partial charge < -0.3 is 9.64 Å². The third kappa shape index (κ3) is 2.76. The fraction of sp³-hybridized carbons (Fsp3) is 0.312. The highest BCUT2D eigenvalue weighted by Gasteiger charge is 2.22. The number of rotatable bonds is 2. The molecule has 2 heterocycles. The van der Waals surface area contributed by atoms with Gasteiger partial charge in [0.15, 0.2) is 17.3 Å². The van der Waals surface area contributed by atoms with Gasteiger partial charge in [-0.3, -0.25) is 0 Å². The fourth-order valence-electron chi connectivity index (χ4n) is 2.33. The van der Waals surface area contributed by atoms with E-state index in [0.29, 0.717) is 32.1 Å². The summed E-state index contributed by atoms with van der Waals surface area (Å²) in [5.41, 5.74) is 1.64. The molecule has 1 aliphatic rings. The Bertz CT molecular complexity index is 718. The zero-order valence-electron chi connectivity index (χ0n) is 12.2.